The van der Waals surface area contributed by atoms with E-state index in [4.69, 9.17) is 10.5 Å². The Morgan fingerprint density at radius 1 is 1.29 bits per heavy atom. The fourth-order valence-corrected chi connectivity index (χ4v) is 3.67. The third kappa shape index (κ3) is 5.67. The minimum atomic E-state index is -1.31. The van der Waals surface area contributed by atoms with Crippen molar-refractivity contribution < 1.29 is 23.4 Å². The number of rotatable bonds is 8. The van der Waals surface area contributed by atoms with Crippen LogP contribution < -0.4 is 22.2 Å². The molecule has 2 atom stereocenters. The summed E-state index contributed by atoms with van der Waals surface area (Å²) in [5.74, 6) is -2.89. The molecule has 4 N–H and O–H groups in total. The van der Waals surface area contributed by atoms with Gasteiger partial charge in [0.05, 0.1) is 17.9 Å². The monoisotopic (exact) mass is 603 g/mol. The minimum absolute atomic E-state index is 0.144. The predicted octanol–water partition coefficient (Wildman–Crippen LogP) is 1.61. The van der Waals surface area contributed by atoms with E-state index in [1.54, 1.807) is 19.9 Å². The summed E-state index contributed by atoms with van der Waals surface area (Å²) in [6.45, 7) is 2.68. The molecule has 0 spiro atoms. The highest BCUT2D eigenvalue weighted by Gasteiger charge is 2.23. The van der Waals surface area contributed by atoms with Crippen LogP contribution in [-0.2, 0) is 23.1 Å². The van der Waals surface area contributed by atoms with Gasteiger partial charge in [-0.25, -0.2) is 9.37 Å². The minimum Gasteiger partial charge on any atom is -0.462 e. The molecular formula is C22H24F2IN5O5. The van der Waals surface area contributed by atoms with Crippen molar-refractivity contribution in [2.45, 2.75) is 32.5 Å². The van der Waals surface area contributed by atoms with E-state index in [9.17, 15) is 28.3 Å². The van der Waals surface area contributed by atoms with E-state index in [1.807, 2.05) is 22.6 Å². The van der Waals surface area contributed by atoms with Gasteiger partial charge in [0.25, 0.3) is 11.1 Å². The van der Waals surface area contributed by atoms with Crippen molar-refractivity contribution in [2.75, 3.05) is 11.9 Å². The molecule has 3 rings (SSSR count). The van der Waals surface area contributed by atoms with Crippen LogP contribution in [0.4, 0.5) is 20.2 Å². The highest BCUT2D eigenvalue weighted by Crippen LogP contribution is 2.26. The number of anilines is 2. The number of carbonyl (C=O) groups is 1. The Morgan fingerprint density at radius 2 is 1.97 bits per heavy atom. The second-order valence-corrected chi connectivity index (χ2v) is 9.50. The first-order valence-electron chi connectivity index (χ1n) is 10.5. The molecule has 0 aliphatic rings. The summed E-state index contributed by atoms with van der Waals surface area (Å²) < 4.78 is 36.8. The molecule has 3 aromatic rings. The van der Waals surface area contributed by atoms with Crippen molar-refractivity contribution in [1.82, 2.24) is 14.1 Å². The standard InChI is InChI=1S/C22H24F2IN5O5/c1-10(2)17(26)22(34)35-8-12(31)7-30-9-27-19-15(20(30)32)18(16(24)21(33)29(19)3)28-14-5-4-11(25)6-13(14)23/h4-6,9-10,12,17,28,31H,7-8,26H2,1-3H3/t12-,17+/m0/s1. The summed E-state index contributed by atoms with van der Waals surface area (Å²) in [5, 5.41) is 12.5. The van der Waals surface area contributed by atoms with Crippen molar-refractivity contribution in [3.05, 3.63) is 60.4 Å². The average Bonchev–Trinajstić information content (AvgIpc) is 2.81. The van der Waals surface area contributed by atoms with Crippen molar-refractivity contribution in [3.8, 4) is 0 Å². The second kappa shape index (κ2) is 10.8. The number of nitrogens with two attached hydrogens (primary N) is 1. The number of ether oxygens (including phenoxy) is 1. The number of carbonyl (C=O) groups excluding carboxylic acids is 1. The number of fused-ring (bicyclic) bond motifs is 1. The van der Waals surface area contributed by atoms with Gasteiger partial charge in [-0.3, -0.25) is 23.5 Å². The molecule has 0 saturated heterocycles. The molecule has 188 valence electrons. The summed E-state index contributed by atoms with van der Waals surface area (Å²) >= 11 is 1.90. The van der Waals surface area contributed by atoms with Crippen molar-refractivity contribution in [1.29, 1.82) is 0 Å². The molecule has 0 aliphatic carbocycles. The molecule has 0 unspecified atom stereocenters. The van der Waals surface area contributed by atoms with Crippen LogP contribution in [0.15, 0.2) is 34.1 Å². The Morgan fingerprint density at radius 3 is 2.60 bits per heavy atom. The first kappa shape index (κ1) is 26.7. The fraction of sp³-hybridized carbons (Fsp3) is 0.364. The summed E-state index contributed by atoms with van der Waals surface area (Å²) in [7, 11) is 1.24. The van der Waals surface area contributed by atoms with Crippen LogP contribution in [0.1, 0.15) is 13.8 Å². The van der Waals surface area contributed by atoms with E-state index in [2.05, 4.69) is 10.3 Å². The number of halogens is 3. The number of aryl methyl sites for hydroxylation is 1. The zero-order chi connectivity index (χ0) is 26.0. The zero-order valence-electron chi connectivity index (χ0n) is 19.1. The lowest BCUT2D eigenvalue weighted by molar-refractivity contribution is -0.149. The van der Waals surface area contributed by atoms with Crippen LogP contribution in [0, 0.1) is 21.1 Å². The lowest BCUT2D eigenvalue weighted by Gasteiger charge is -2.18. The molecule has 35 heavy (non-hydrogen) atoms. The number of hydrogen-bond acceptors (Lipinski definition) is 8. The van der Waals surface area contributed by atoms with Crippen molar-refractivity contribution >= 4 is 51.0 Å². The highest BCUT2D eigenvalue weighted by atomic mass is 127. The maximum atomic E-state index is 15.0. The van der Waals surface area contributed by atoms with E-state index in [0.717, 1.165) is 15.5 Å². The van der Waals surface area contributed by atoms with Crippen LogP contribution in [0.3, 0.4) is 0 Å². The Kier molecular flexibility index (Phi) is 8.22. The van der Waals surface area contributed by atoms with Gasteiger partial charge in [-0.1, -0.05) is 13.8 Å². The Labute approximate surface area is 211 Å². The lowest BCUT2D eigenvalue weighted by Crippen LogP contribution is -2.39. The Bertz CT molecular complexity index is 1390. The van der Waals surface area contributed by atoms with Crippen LogP contribution in [0.5, 0.6) is 0 Å². The first-order chi connectivity index (χ1) is 16.4. The molecule has 13 heteroatoms. The Balaban J connectivity index is 1.99. The van der Waals surface area contributed by atoms with E-state index >= 15 is 0 Å². The maximum absolute atomic E-state index is 15.0. The van der Waals surface area contributed by atoms with E-state index < -0.39 is 53.2 Å². The highest BCUT2D eigenvalue weighted by molar-refractivity contribution is 14.1. The number of aliphatic hydroxyl groups excluding tert-OH is 1. The van der Waals surface area contributed by atoms with Crippen LogP contribution in [-0.4, -0.2) is 43.9 Å². The van der Waals surface area contributed by atoms with Gasteiger partial charge in [-0.2, -0.15) is 4.39 Å². The number of nitrogens with one attached hydrogen (secondary N) is 1. The third-order valence-electron chi connectivity index (χ3n) is 5.30. The number of esters is 1. The smallest absolute Gasteiger partial charge is 0.323 e. The van der Waals surface area contributed by atoms with Gasteiger partial charge in [0.1, 0.15) is 36.3 Å². The zero-order valence-corrected chi connectivity index (χ0v) is 21.2. The van der Waals surface area contributed by atoms with Crippen molar-refractivity contribution in [2.24, 2.45) is 18.7 Å². The summed E-state index contributed by atoms with van der Waals surface area (Å²) in [5.41, 5.74) is 3.00. The number of benzene rings is 1. The summed E-state index contributed by atoms with van der Waals surface area (Å²) in [6, 6.07) is 3.23. The second-order valence-electron chi connectivity index (χ2n) is 8.26. The maximum Gasteiger partial charge on any atom is 0.323 e. The van der Waals surface area contributed by atoms with Gasteiger partial charge in [-0.05, 0) is 46.7 Å². The Hall–Kier alpha value is -2.91. The number of aliphatic hydroxyl groups is 1. The van der Waals surface area contributed by atoms with Crippen molar-refractivity contribution in [3.63, 3.8) is 0 Å². The van der Waals surface area contributed by atoms with Gasteiger partial charge in [0.2, 0.25) is 5.82 Å². The van der Waals surface area contributed by atoms with E-state index in [-0.39, 0.29) is 29.2 Å². The topological polar surface area (TPSA) is 141 Å². The van der Waals surface area contributed by atoms with Gasteiger partial charge in [0.15, 0.2) is 5.65 Å². The molecule has 0 radical (unpaired) electrons. The van der Waals surface area contributed by atoms with Crippen LogP contribution >= 0.6 is 22.6 Å². The SMILES string of the molecule is CC(C)[C@@H](N)C(=O)OC[C@@H](O)Cn1cnc2c(c(Nc3ccc(I)cc3F)c(F)c(=O)n2C)c1=O. The van der Waals surface area contributed by atoms with Crippen LogP contribution in [0.25, 0.3) is 11.0 Å². The predicted molar refractivity (Wildman–Crippen MR) is 133 cm³/mol. The van der Waals surface area contributed by atoms with Gasteiger partial charge < -0.3 is 20.9 Å². The largest absolute Gasteiger partial charge is 0.462 e. The number of hydrogen-bond donors (Lipinski definition) is 3. The molecule has 0 amide bonds. The van der Waals surface area contributed by atoms with E-state index in [1.165, 1.54) is 19.2 Å². The number of pyridine rings is 1. The fourth-order valence-electron chi connectivity index (χ4n) is 3.21. The third-order valence-corrected chi connectivity index (χ3v) is 5.97. The van der Waals surface area contributed by atoms with Gasteiger partial charge >= 0.3 is 5.97 Å². The molecule has 0 saturated carbocycles. The molecular weight excluding hydrogens is 579 g/mol. The average molecular weight is 603 g/mol. The summed E-state index contributed by atoms with van der Waals surface area (Å²) in [4.78, 5) is 41.6. The van der Waals surface area contributed by atoms with Gasteiger partial charge in [0, 0.05) is 10.6 Å². The van der Waals surface area contributed by atoms with E-state index in [0.29, 0.717) is 3.57 Å². The molecule has 1 aromatic carbocycles. The number of nitrogens with zero attached hydrogens (tertiary/aromatic N) is 3. The molecule has 2 heterocycles. The quantitative estimate of drug-likeness (QED) is 0.261. The molecule has 2 aromatic heterocycles. The lowest BCUT2D eigenvalue weighted by atomic mass is 10.1. The molecule has 0 aliphatic heterocycles. The molecule has 0 bridgehead atoms. The van der Waals surface area contributed by atoms with Crippen LogP contribution in [0.2, 0.25) is 0 Å². The van der Waals surface area contributed by atoms with Gasteiger partial charge in [-0.15, -0.1) is 0 Å². The normalized spacial score (nSPS) is 13.2. The molecule has 0 fully saturated rings. The number of aromatic nitrogens is 3. The summed E-state index contributed by atoms with van der Waals surface area (Å²) in [6.07, 6.45) is -0.236. The molecule has 10 nitrogen and oxygen atoms in total. The first-order valence-corrected chi connectivity index (χ1v) is 11.6.